The molecule has 1 aliphatic rings. The molecule has 0 aromatic heterocycles. The summed E-state index contributed by atoms with van der Waals surface area (Å²) in [4.78, 5) is 24.2. The Kier molecular flexibility index (Phi) is 6.62. The van der Waals surface area contributed by atoms with Crippen molar-refractivity contribution in [2.24, 2.45) is 0 Å². The lowest BCUT2D eigenvalue weighted by atomic mass is 10.1. The van der Waals surface area contributed by atoms with E-state index in [-0.39, 0.29) is 25.9 Å². The third kappa shape index (κ3) is 6.20. The number of nitrogens with zero attached hydrogens (tertiary/aromatic N) is 1. The number of piperidine rings is 1. The monoisotopic (exact) mass is 414 g/mol. The third-order valence-electron chi connectivity index (χ3n) is 3.84. The number of carbonyl (C=O) groups excluding carboxylic acids is 2. The smallest absolute Gasteiger partial charge is 0.426 e. The first-order valence-corrected chi connectivity index (χ1v) is 8.09. The summed E-state index contributed by atoms with van der Waals surface area (Å²) in [6, 6.07) is 7.68. The van der Waals surface area contributed by atoms with Gasteiger partial charge in [-0.3, -0.25) is 0 Å². The summed E-state index contributed by atoms with van der Waals surface area (Å²) in [5.74, 6) is 0.298. The number of halogens is 6. The van der Waals surface area contributed by atoms with Crippen LogP contribution in [0.15, 0.2) is 30.3 Å². The summed E-state index contributed by atoms with van der Waals surface area (Å²) >= 11 is 0. The van der Waals surface area contributed by atoms with Gasteiger partial charge >= 0.3 is 24.5 Å². The molecule has 12 heteroatoms. The van der Waals surface area contributed by atoms with Gasteiger partial charge in [-0.25, -0.2) is 9.59 Å². The van der Waals surface area contributed by atoms with Gasteiger partial charge in [0.25, 0.3) is 6.10 Å². The van der Waals surface area contributed by atoms with E-state index in [0.29, 0.717) is 5.75 Å². The van der Waals surface area contributed by atoms with Crippen molar-refractivity contribution in [2.45, 2.75) is 37.3 Å². The lowest BCUT2D eigenvalue weighted by Crippen LogP contribution is -2.51. The Hall–Kier alpha value is -2.66. The molecule has 1 fully saturated rings. The molecule has 2 amide bonds. The molecule has 1 aromatic carbocycles. The van der Waals surface area contributed by atoms with E-state index >= 15 is 0 Å². The maximum absolute atomic E-state index is 12.5. The lowest BCUT2D eigenvalue weighted by molar-refractivity contribution is -0.308. The highest BCUT2D eigenvalue weighted by Gasteiger charge is 2.60. The van der Waals surface area contributed by atoms with Crippen molar-refractivity contribution >= 4 is 12.2 Å². The van der Waals surface area contributed by atoms with Crippen LogP contribution in [-0.2, 0) is 4.74 Å². The van der Waals surface area contributed by atoms with E-state index in [0.717, 1.165) is 4.90 Å². The minimum Gasteiger partial charge on any atom is -0.426 e. The first-order valence-electron chi connectivity index (χ1n) is 8.09. The molecule has 0 unspecified atom stereocenters. The topological polar surface area (TPSA) is 67.9 Å². The summed E-state index contributed by atoms with van der Waals surface area (Å²) in [5.41, 5.74) is 0. The van der Waals surface area contributed by atoms with E-state index in [4.69, 9.17) is 4.74 Å². The van der Waals surface area contributed by atoms with Crippen LogP contribution in [0.4, 0.5) is 35.9 Å². The molecule has 0 saturated carbocycles. The number of benzene rings is 1. The molecule has 0 aliphatic carbocycles. The number of nitrogens with one attached hydrogen (secondary N) is 1. The van der Waals surface area contributed by atoms with Gasteiger partial charge in [0.2, 0.25) is 0 Å². The van der Waals surface area contributed by atoms with Gasteiger partial charge in [0.1, 0.15) is 5.75 Å². The van der Waals surface area contributed by atoms with Gasteiger partial charge in [0.05, 0.1) is 0 Å². The molecular weight excluding hydrogens is 398 g/mol. The number of carbonyl (C=O) groups is 2. The second-order valence-corrected chi connectivity index (χ2v) is 5.96. The van der Waals surface area contributed by atoms with E-state index in [1.54, 1.807) is 30.3 Å². The first kappa shape index (κ1) is 21.6. The zero-order valence-corrected chi connectivity index (χ0v) is 14.2. The summed E-state index contributed by atoms with van der Waals surface area (Å²) in [6.45, 7) is -0.366. The molecule has 1 aromatic rings. The number of rotatable bonds is 3. The van der Waals surface area contributed by atoms with E-state index in [1.807, 2.05) is 0 Å². The van der Waals surface area contributed by atoms with Gasteiger partial charge in [-0.1, -0.05) is 18.2 Å². The van der Waals surface area contributed by atoms with E-state index in [2.05, 4.69) is 10.1 Å². The Balaban J connectivity index is 1.82. The Morgan fingerprint density at radius 1 is 1.00 bits per heavy atom. The zero-order valence-electron chi connectivity index (χ0n) is 14.2. The number of para-hydroxylation sites is 1. The predicted molar refractivity (Wildman–Crippen MR) is 82.6 cm³/mol. The fourth-order valence-corrected chi connectivity index (χ4v) is 2.49. The van der Waals surface area contributed by atoms with Gasteiger partial charge < -0.3 is 19.7 Å². The van der Waals surface area contributed by atoms with Crippen molar-refractivity contribution in [3.05, 3.63) is 30.3 Å². The summed E-state index contributed by atoms with van der Waals surface area (Å²) in [7, 11) is 0. The molecule has 0 atom stereocenters. The van der Waals surface area contributed by atoms with Gasteiger partial charge in [-0.05, 0) is 25.0 Å². The Morgan fingerprint density at radius 2 is 1.54 bits per heavy atom. The van der Waals surface area contributed by atoms with Crippen LogP contribution in [0.2, 0.25) is 0 Å². The fraction of sp³-hybridized carbons (Fsp3) is 0.500. The van der Waals surface area contributed by atoms with Gasteiger partial charge in [0.15, 0.2) is 0 Å². The lowest BCUT2D eigenvalue weighted by Gasteiger charge is -2.33. The Labute approximate surface area is 155 Å². The van der Waals surface area contributed by atoms with Gasteiger partial charge in [-0.15, -0.1) is 0 Å². The molecule has 0 radical (unpaired) electrons. The number of ether oxygens (including phenoxy) is 2. The van der Waals surface area contributed by atoms with Crippen molar-refractivity contribution in [2.75, 3.05) is 13.1 Å². The van der Waals surface area contributed by atoms with Crippen LogP contribution in [0, 0.1) is 0 Å². The molecule has 1 aliphatic heterocycles. The molecule has 1 N–H and O–H groups in total. The minimum atomic E-state index is -5.77. The summed E-state index contributed by atoms with van der Waals surface area (Å²) in [5, 5.41) is 2.52. The standard InChI is InChI=1S/C16H16F6N2O4/c17-15(18,19)12(16(20,21)22)28-14(26)24-8-6-10(7-9-24)23-13(25)27-11-4-2-1-3-5-11/h1-5,10,12H,6-9H2,(H,23,25). The summed E-state index contributed by atoms with van der Waals surface area (Å²) < 4.78 is 83.4. The SMILES string of the molecule is O=C(NC1CCN(C(=O)OC(C(F)(F)F)C(F)(F)F)CC1)Oc1ccccc1. The molecule has 0 bridgehead atoms. The highest BCUT2D eigenvalue weighted by Crippen LogP contribution is 2.36. The van der Waals surface area contributed by atoms with Crippen molar-refractivity contribution in [1.82, 2.24) is 10.2 Å². The van der Waals surface area contributed by atoms with E-state index in [1.165, 1.54) is 0 Å². The highest BCUT2D eigenvalue weighted by atomic mass is 19.4. The number of likely N-dealkylation sites (tertiary alicyclic amines) is 1. The quantitative estimate of drug-likeness (QED) is 0.763. The van der Waals surface area contributed by atoms with E-state index < -0.39 is 36.7 Å². The highest BCUT2D eigenvalue weighted by molar-refractivity contribution is 5.71. The molecule has 1 saturated heterocycles. The maximum Gasteiger partial charge on any atom is 0.434 e. The van der Waals surface area contributed by atoms with Crippen LogP contribution >= 0.6 is 0 Å². The van der Waals surface area contributed by atoms with Crippen LogP contribution in [0.5, 0.6) is 5.75 Å². The average Bonchev–Trinajstić information content (AvgIpc) is 2.59. The number of amides is 2. The van der Waals surface area contributed by atoms with Crippen LogP contribution in [0.1, 0.15) is 12.8 Å². The largest absolute Gasteiger partial charge is 0.434 e. The van der Waals surface area contributed by atoms with Crippen molar-refractivity contribution < 1.29 is 45.4 Å². The molecule has 156 valence electrons. The molecule has 0 spiro atoms. The second kappa shape index (κ2) is 8.57. The van der Waals surface area contributed by atoms with E-state index in [9.17, 15) is 35.9 Å². The van der Waals surface area contributed by atoms with Gasteiger partial charge in [0, 0.05) is 19.1 Å². The summed E-state index contributed by atoms with van der Waals surface area (Å²) in [6.07, 6.45) is -18.0. The predicted octanol–water partition coefficient (Wildman–Crippen LogP) is 3.87. The van der Waals surface area contributed by atoms with Crippen LogP contribution in [0.3, 0.4) is 0 Å². The number of alkyl halides is 6. The van der Waals surface area contributed by atoms with Crippen molar-refractivity contribution in [3.63, 3.8) is 0 Å². The van der Waals surface area contributed by atoms with Crippen LogP contribution in [-0.4, -0.2) is 54.7 Å². The van der Waals surface area contributed by atoms with Crippen LogP contribution in [0.25, 0.3) is 0 Å². The zero-order chi connectivity index (χ0) is 20.9. The number of hydrogen-bond donors (Lipinski definition) is 1. The van der Waals surface area contributed by atoms with Crippen molar-refractivity contribution in [3.8, 4) is 5.75 Å². The molecule has 6 nitrogen and oxygen atoms in total. The minimum absolute atomic E-state index is 0.113. The fourth-order valence-electron chi connectivity index (χ4n) is 2.49. The molecular formula is C16H16F6N2O4. The Bertz CT molecular complexity index is 658. The molecule has 1 heterocycles. The second-order valence-electron chi connectivity index (χ2n) is 5.96. The number of hydrogen-bond acceptors (Lipinski definition) is 4. The molecule has 2 rings (SSSR count). The van der Waals surface area contributed by atoms with Crippen molar-refractivity contribution in [1.29, 1.82) is 0 Å². The molecule has 28 heavy (non-hydrogen) atoms. The maximum atomic E-state index is 12.5. The average molecular weight is 414 g/mol. The normalized spacial score (nSPS) is 16.0. The Morgan fingerprint density at radius 3 is 2.04 bits per heavy atom. The first-order chi connectivity index (χ1) is 13.0. The third-order valence-corrected chi connectivity index (χ3v) is 3.84. The van der Waals surface area contributed by atoms with Gasteiger partial charge in [-0.2, -0.15) is 26.3 Å². The van der Waals surface area contributed by atoms with Crippen LogP contribution < -0.4 is 10.1 Å².